The fourth-order valence-corrected chi connectivity index (χ4v) is 2.29. The number of hydrogen-bond acceptors (Lipinski definition) is 5. The van der Waals surface area contributed by atoms with Crippen LogP contribution in [0.3, 0.4) is 0 Å². The molecular formula is C14H16N2O4S. The molecule has 0 saturated heterocycles. The van der Waals surface area contributed by atoms with E-state index in [1.54, 1.807) is 31.4 Å². The summed E-state index contributed by atoms with van der Waals surface area (Å²) in [5.74, 6) is -0.333. The first kappa shape index (κ1) is 15.4. The topological polar surface area (TPSA) is 79.2 Å². The number of carbonyl (C=O) groups excluding carboxylic acids is 1. The third-order valence-electron chi connectivity index (χ3n) is 3.20. The van der Waals surface area contributed by atoms with Crippen LogP contribution in [0.4, 0.5) is 0 Å². The lowest BCUT2D eigenvalue weighted by Crippen LogP contribution is -2.38. The minimum Gasteiger partial charge on any atom is -0.497 e. The van der Waals surface area contributed by atoms with Gasteiger partial charge in [-0.2, -0.15) is 17.7 Å². The highest BCUT2D eigenvalue weighted by molar-refractivity contribution is 7.80. The second-order valence-corrected chi connectivity index (χ2v) is 4.99. The first-order chi connectivity index (χ1) is 10.1. The summed E-state index contributed by atoms with van der Waals surface area (Å²) >= 11 is 3.99. The van der Waals surface area contributed by atoms with Crippen LogP contribution in [0.5, 0.6) is 5.75 Å². The van der Waals surface area contributed by atoms with Gasteiger partial charge in [0.05, 0.1) is 12.8 Å². The molecule has 1 atom stereocenters. The quantitative estimate of drug-likeness (QED) is 0.806. The number of nitrogens with zero attached hydrogens (tertiary/aromatic N) is 2. The average Bonchev–Trinajstić information content (AvgIpc) is 2.93. The fourth-order valence-electron chi connectivity index (χ4n) is 2.10. The fraction of sp³-hybridized carbons (Fsp3) is 0.357. The molecule has 2 rings (SSSR count). The van der Waals surface area contributed by atoms with Gasteiger partial charge in [0.2, 0.25) is 5.91 Å². The third kappa shape index (κ3) is 3.36. The number of carboxylic acids is 1. The van der Waals surface area contributed by atoms with Crippen LogP contribution < -0.4 is 4.74 Å². The van der Waals surface area contributed by atoms with Crippen LogP contribution in [0.25, 0.3) is 0 Å². The maximum atomic E-state index is 11.9. The summed E-state index contributed by atoms with van der Waals surface area (Å²) in [7, 11) is 1.57. The molecule has 1 amide bonds. The summed E-state index contributed by atoms with van der Waals surface area (Å²) in [6, 6.07) is 6.18. The first-order valence-corrected chi connectivity index (χ1v) is 7.07. The van der Waals surface area contributed by atoms with Crippen molar-refractivity contribution in [2.75, 3.05) is 12.9 Å². The smallest absolute Gasteiger partial charge is 0.329 e. The summed E-state index contributed by atoms with van der Waals surface area (Å²) in [6.07, 6.45) is 0.353. The van der Waals surface area contributed by atoms with Crippen molar-refractivity contribution in [1.82, 2.24) is 5.01 Å². The van der Waals surface area contributed by atoms with Gasteiger partial charge in [-0.25, -0.2) is 9.80 Å². The van der Waals surface area contributed by atoms with Crippen LogP contribution in [-0.4, -0.2) is 46.6 Å². The molecule has 0 radical (unpaired) electrons. The van der Waals surface area contributed by atoms with Crippen molar-refractivity contribution in [2.24, 2.45) is 5.10 Å². The van der Waals surface area contributed by atoms with Crippen molar-refractivity contribution in [2.45, 2.75) is 18.9 Å². The zero-order valence-electron chi connectivity index (χ0n) is 11.5. The summed E-state index contributed by atoms with van der Waals surface area (Å²) in [6.45, 7) is 0. The van der Waals surface area contributed by atoms with E-state index in [2.05, 4.69) is 17.7 Å². The highest BCUT2D eigenvalue weighted by Gasteiger charge is 2.36. The zero-order chi connectivity index (χ0) is 15.4. The molecule has 1 unspecified atom stereocenters. The number of amides is 1. The Balaban J connectivity index is 2.25. The normalized spacial score (nSPS) is 17.5. The van der Waals surface area contributed by atoms with Crippen LogP contribution in [0.15, 0.2) is 29.4 Å². The van der Waals surface area contributed by atoms with Crippen molar-refractivity contribution >= 4 is 30.2 Å². The van der Waals surface area contributed by atoms with E-state index >= 15 is 0 Å². The summed E-state index contributed by atoms with van der Waals surface area (Å²) in [5.41, 5.74) is 1.36. The number of thiol groups is 1. The molecule has 7 heteroatoms. The molecule has 0 aliphatic carbocycles. The summed E-state index contributed by atoms with van der Waals surface area (Å²) < 4.78 is 5.08. The number of hydrogen-bond donors (Lipinski definition) is 2. The minimum atomic E-state index is -1.06. The SMILES string of the molecule is COc1ccc(C2=NN(C(=O)CCS)C(C(=O)O)C2)cc1. The number of rotatable bonds is 5. The maximum Gasteiger partial charge on any atom is 0.329 e. The van der Waals surface area contributed by atoms with Gasteiger partial charge in [-0.3, -0.25) is 4.79 Å². The Kier molecular flexibility index (Phi) is 4.85. The molecule has 1 N–H and O–H groups in total. The molecule has 1 aromatic rings. The second-order valence-electron chi connectivity index (χ2n) is 4.55. The standard InChI is InChI=1S/C14H16N2O4S/c1-20-10-4-2-9(3-5-10)11-8-12(14(18)19)16(15-11)13(17)6-7-21/h2-5,12,21H,6-8H2,1H3,(H,18,19). The molecule has 112 valence electrons. The van der Waals surface area contributed by atoms with E-state index in [0.717, 1.165) is 10.6 Å². The van der Waals surface area contributed by atoms with Crippen molar-refractivity contribution in [3.05, 3.63) is 29.8 Å². The van der Waals surface area contributed by atoms with Crippen molar-refractivity contribution in [1.29, 1.82) is 0 Å². The number of carbonyl (C=O) groups is 2. The van der Waals surface area contributed by atoms with E-state index in [4.69, 9.17) is 4.74 Å². The molecule has 0 spiro atoms. The highest BCUT2D eigenvalue weighted by Crippen LogP contribution is 2.22. The molecule has 0 bridgehead atoms. The van der Waals surface area contributed by atoms with Gasteiger partial charge in [0, 0.05) is 12.8 Å². The molecule has 6 nitrogen and oxygen atoms in total. The monoisotopic (exact) mass is 308 g/mol. The van der Waals surface area contributed by atoms with E-state index in [1.807, 2.05) is 0 Å². The van der Waals surface area contributed by atoms with Crippen LogP contribution >= 0.6 is 12.6 Å². The first-order valence-electron chi connectivity index (χ1n) is 6.44. The van der Waals surface area contributed by atoms with E-state index in [-0.39, 0.29) is 18.7 Å². The molecule has 0 saturated carbocycles. The lowest BCUT2D eigenvalue weighted by atomic mass is 10.0. The van der Waals surface area contributed by atoms with Crippen molar-refractivity contribution < 1.29 is 19.4 Å². The molecule has 0 aromatic heterocycles. The molecule has 1 aliphatic rings. The van der Waals surface area contributed by atoms with Gasteiger partial charge in [0.25, 0.3) is 0 Å². The van der Waals surface area contributed by atoms with Gasteiger partial charge in [-0.15, -0.1) is 0 Å². The number of benzene rings is 1. The van der Waals surface area contributed by atoms with Gasteiger partial charge in [0.15, 0.2) is 6.04 Å². The third-order valence-corrected chi connectivity index (χ3v) is 3.42. The molecule has 1 aliphatic heterocycles. The van der Waals surface area contributed by atoms with Gasteiger partial charge < -0.3 is 9.84 Å². The van der Waals surface area contributed by atoms with Crippen LogP contribution in [0.2, 0.25) is 0 Å². The Bertz CT molecular complexity index is 571. The predicted octanol–water partition coefficient (Wildman–Crippen LogP) is 1.40. The second kappa shape index (κ2) is 6.62. The van der Waals surface area contributed by atoms with Gasteiger partial charge in [-0.1, -0.05) is 0 Å². The lowest BCUT2D eigenvalue weighted by molar-refractivity contribution is -0.148. The largest absolute Gasteiger partial charge is 0.497 e. The van der Waals surface area contributed by atoms with Gasteiger partial charge in [0.1, 0.15) is 5.75 Å². The summed E-state index contributed by atoms with van der Waals surface area (Å²) in [5, 5.41) is 14.5. The lowest BCUT2D eigenvalue weighted by Gasteiger charge is -2.17. The van der Waals surface area contributed by atoms with Gasteiger partial charge >= 0.3 is 5.97 Å². The van der Waals surface area contributed by atoms with E-state index in [1.165, 1.54) is 0 Å². The number of aliphatic carboxylic acids is 1. The van der Waals surface area contributed by atoms with Crippen LogP contribution in [0, 0.1) is 0 Å². The van der Waals surface area contributed by atoms with Crippen molar-refractivity contribution in [3.8, 4) is 5.75 Å². The van der Waals surface area contributed by atoms with E-state index < -0.39 is 12.0 Å². The Labute approximate surface area is 127 Å². The average molecular weight is 308 g/mol. The van der Waals surface area contributed by atoms with E-state index in [0.29, 0.717) is 17.2 Å². The number of methoxy groups -OCH3 is 1. The predicted molar refractivity (Wildman–Crippen MR) is 80.9 cm³/mol. The van der Waals surface area contributed by atoms with Crippen molar-refractivity contribution in [3.63, 3.8) is 0 Å². The molecular weight excluding hydrogens is 292 g/mol. The Morgan fingerprint density at radius 1 is 1.43 bits per heavy atom. The maximum absolute atomic E-state index is 11.9. The van der Waals surface area contributed by atoms with Crippen LogP contribution in [-0.2, 0) is 9.59 Å². The Hall–Kier alpha value is -2.02. The zero-order valence-corrected chi connectivity index (χ0v) is 12.4. The molecule has 1 heterocycles. The Morgan fingerprint density at radius 2 is 2.10 bits per heavy atom. The molecule has 21 heavy (non-hydrogen) atoms. The molecule has 0 fully saturated rings. The highest BCUT2D eigenvalue weighted by atomic mass is 32.1. The Morgan fingerprint density at radius 3 is 2.62 bits per heavy atom. The van der Waals surface area contributed by atoms with E-state index in [9.17, 15) is 14.7 Å². The number of ether oxygens (including phenoxy) is 1. The number of carboxylic acid groups (broad SMARTS) is 1. The summed E-state index contributed by atoms with van der Waals surface area (Å²) in [4.78, 5) is 23.2. The molecule has 1 aromatic carbocycles. The van der Waals surface area contributed by atoms with Gasteiger partial charge in [-0.05, 0) is 35.6 Å². The number of hydrazone groups is 1. The minimum absolute atomic E-state index is 0.159. The van der Waals surface area contributed by atoms with Crippen LogP contribution in [0.1, 0.15) is 18.4 Å².